The highest BCUT2D eigenvalue weighted by Crippen LogP contribution is 2.11. The largest absolute Gasteiger partial charge is 0.326 e. The van der Waals surface area contributed by atoms with Gasteiger partial charge in [0.25, 0.3) is 0 Å². The van der Waals surface area contributed by atoms with Gasteiger partial charge >= 0.3 is 0 Å². The van der Waals surface area contributed by atoms with Gasteiger partial charge in [-0.1, -0.05) is 6.92 Å². The van der Waals surface area contributed by atoms with Crippen LogP contribution in [-0.4, -0.2) is 15.8 Å². The summed E-state index contributed by atoms with van der Waals surface area (Å²) in [5, 5.41) is 4.22. The van der Waals surface area contributed by atoms with Gasteiger partial charge < -0.3 is 5.73 Å². The van der Waals surface area contributed by atoms with Crippen LogP contribution in [0, 0.1) is 6.92 Å². The molecule has 2 N–H and O–H groups in total. The van der Waals surface area contributed by atoms with E-state index in [1.165, 1.54) is 5.56 Å². The van der Waals surface area contributed by atoms with E-state index >= 15 is 0 Å². The number of nitrogens with two attached hydrogens (primary N) is 1. The summed E-state index contributed by atoms with van der Waals surface area (Å²) >= 11 is 0. The molecule has 0 radical (unpaired) electrons. The molecule has 1 heterocycles. The molecule has 0 bridgehead atoms. The molecule has 1 aromatic heterocycles. The summed E-state index contributed by atoms with van der Waals surface area (Å²) in [5.41, 5.74) is 7.08. The molecule has 0 saturated heterocycles. The summed E-state index contributed by atoms with van der Waals surface area (Å²) < 4.78 is 1.93. The maximum Gasteiger partial charge on any atom is 0.0641 e. The maximum absolute atomic E-state index is 5.90. The van der Waals surface area contributed by atoms with Crippen LogP contribution in [0.25, 0.3) is 0 Å². The van der Waals surface area contributed by atoms with Crippen LogP contribution in [0.1, 0.15) is 31.9 Å². The van der Waals surface area contributed by atoms with Gasteiger partial charge in [-0.05, 0) is 25.8 Å². The fourth-order valence-electron chi connectivity index (χ4n) is 1.19. The van der Waals surface area contributed by atoms with Crippen molar-refractivity contribution in [3.8, 4) is 0 Å². The van der Waals surface area contributed by atoms with Crippen molar-refractivity contribution >= 4 is 0 Å². The van der Waals surface area contributed by atoms with Crippen molar-refractivity contribution in [2.75, 3.05) is 0 Å². The highest BCUT2D eigenvalue weighted by atomic mass is 15.3. The van der Waals surface area contributed by atoms with Crippen molar-refractivity contribution in [2.24, 2.45) is 5.73 Å². The van der Waals surface area contributed by atoms with Gasteiger partial charge in [0.1, 0.15) is 0 Å². The molecule has 1 rings (SSSR count). The number of nitrogens with zero attached hydrogens (tertiary/aromatic N) is 2. The first-order chi connectivity index (χ1) is 5.65. The summed E-state index contributed by atoms with van der Waals surface area (Å²) in [6, 6.07) is 0.494. The van der Waals surface area contributed by atoms with E-state index in [-0.39, 0.29) is 6.04 Å². The van der Waals surface area contributed by atoms with Crippen molar-refractivity contribution in [1.29, 1.82) is 0 Å². The first kappa shape index (κ1) is 9.26. The molecule has 0 spiro atoms. The Labute approximate surface area is 73.6 Å². The van der Waals surface area contributed by atoms with Crippen molar-refractivity contribution in [3.63, 3.8) is 0 Å². The van der Waals surface area contributed by atoms with Gasteiger partial charge in [-0.2, -0.15) is 5.10 Å². The van der Waals surface area contributed by atoms with E-state index < -0.39 is 0 Å². The van der Waals surface area contributed by atoms with E-state index in [1.54, 1.807) is 0 Å². The predicted molar refractivity (Wildman–Crippen MR) is 49.9 cm³/mol. The Morgan fingerprint density at radius 1 is 1.67 bits per heavy atom. The lowest BCUT2D eigenvalue weighted by Crippen LogP contribution is -2.29. The lowest BCUT2D eigenvalue weighted by Gasteiger charge is -2.18. The van der Waals surface area contributed by atoms with E-state index in [4.69, 9.17) is 5.73 Å². The van der Waals surface area contributed by atoms with Crippen LogP contribution in [0.5, 0.6) is 0 Å². The second-order valence-corrected chi connectivity index (χ2v) is 3.31. The molecule has 3 heteroatoms. The molecule has 0 aliphatic carbocycles. The SMILES string of the molecule is CCC(N)C(C)n1cc(C)cn1. The monoisotopic (exact) mass is 167 g/mol. The van der Waals surface area contributed by atoms with E-state index in [0.717, 1.165) is 6.42 Å². The van der Waals surface area contributed by atoms with Crippen LogP contribution in [-0.2, 0) is 0 Å². The number of hydrogen-bond acceptors (Lipinski definition) is 2. The van der Waals surface area contributed by atoms with Crippen molar-refractivity contribution in [1.82, 2.24) is 9.78 Å². The Morgan fingerprint density at radius 3 is 2.75 bits per heavy atom. The maximum atomic E-state index is 5.90. The van der Waals surface area contributed by atoms with Gasteiger partial charge in [0.15, 0.2) is 0 Å². The third kappa shape index (κ3) is 1.85. The number of hydrogen-bond donors (Lipinski definition) is 1. The molecule has 2 atom stereocenters. The van der Waals surface area contributed by atoms with Gasteiger partial charge in [0.2, 0.25) is 0 Å². The van der Waals surface area contributed by atoms with Crippen molar-refractivity contribution in [3.05, 3.63) is 18.0 Å². The average Bonchev–Trinajstić information content (AvgIpc) is 2.49. The molecule has 0 saturated carbocycles. The zero-order valence-corrected chi connectivity index (χ0v) is 7.99. The second-order valence-electron chi connectivity index (χ2n) is 3.31. The number of aromatic nitrogens is 2. The standard InChI is InChI=1S/C9H17N3/c1-4-9(10)8(3)12-6-7(2)5-11-12/h5-6,8-9H,4,10H2,1-3H3. The zero-order valence-electron chi connectivity index (χ0n) is 7.99. The fraction of sp³-hybridized carbons (Fsp3) is 0.667. The average molecular weight is 167 g/mol. The summed E-state index contributed by atoms with van der Waals surface area (Å²) in [4.78, 5) is 0. The molecule has 0 fully saturated rings. The summed E-state index contributed by atoms with van der Waals surface area (Å²) in [7, 11) is 0. The van der Waals surface area contributed by atoms with Crippen LogP contribution in [0.15, 0.2) is 12.4 Å². The molecule has 12 heavy (non-hydrogen) atoms. The van der Waals surface area contributed by atoms with Gasteiger partial charge in [0.05, 0.1) is 12.2 Å². The van der Waals surface area contributed by atoms with Crippen LogP contribution < -0.4 is 5.73 Å². The molecule has 0 aliphatic heterocycles. The minimum absolute atomic E-state index is 0.198. The van der Waals surface area contributed by atoms with Gasteiger partial charge in [0, 0.05) is 12.2 Å². The molecular formula is C9H17N3. The van der Waals surface area contributed by atoms with Gasteiger partial charge in [-0.25, -0.2) is 0 Å². The Balaban J connectivity index is 2.70. The van der Waals surface area contributed by atoms with Crippen LogP contribution in [0.4, 0.5) is 0 Å². The van der Waals surface area contributed by atoms with Crippen molar-refractivity contribution < 1.29 is 0 Å². The van der Waals surface area contributed by atoms with Gasteiger partial charge in [-0.3, -0.25) is 4.68 Å². The fourth-order valence-corrected chi connectivity index (χ4v) is 1.19. The molecule has 1 aromatic rings. The Bertz CT molecular complexity index is 242. The lowest BCUT2D eigenvalue weighted by molar-refractivity contribution is 0.398. The number of rotatable bonds is 3. The third-order valence-electron chi connectivity index (χ3n) is 2.24. The predicted octanol–water partition coefficient (Wildman–Crippen LogP) is 1.49. The van der Waals surface area contributed by atoms with Crippen molar-refractivity contribution in [2.45, 2.75) is 39.3 Å². The van der Waals surface area contributed by atoms with Crippen LogP contribution >= 0.6 is 0 Å². The van der Waals surface area contributed by atoms with Gasteiger partial charge in [-0.15, -0.1) is 0 Å². The topological polar surface area (TPSA) is 43.8 Å². The molecule has 0 amide bonds. The quantitative estimate of drug-likeness (QED) is 0.741. The lowest BCUT2D eigenvalue weighted by atomic mass is 10.1. The molecule has 68 valence electrons. The first-order valence-electron chi connectivity index (χ1n) is 4.41. The van der Waals surface area contributed by atoms with Crippen LogP contribution in [0.3, 0.4) is 0 Å². The second kappa shape index (κ2) is 3.72. The zero-order chi connectivity index (χ0) is 9.14. The van der Waals surface area contributed by atoms with E-state index in [1.807, 2.05) is 24.0 Å². The minimum atomic E-state index is 0.198. The highest BCUT2D eigenvalue weighted by molar-refractivity contribution is 5.00. The summed E-state index contributed by atoms with van der Waals surface area (Å²) in [5.74, 6) is 0. The van der Waals surface area contributed by atoms with E-state index in [2.05, 4.69) is 18.9 Å². The minimum Gasteiger partial charge on any atom is -0.326 e. The smallest absolute Gasteiger partial charge is 0.0641 e. The summed E-state index contributed by atoms with van der Waals surface area (Å²) in [6.45, 7) is 6.23. The highest BCUT2D eigenvalue weighted by Gasteiger charge is 2.12. The summed E-state index contributed by atoms with van der Waals surface area (Å²) in [6.07, 6.45) is 4.87. The molecular weight excluding hydrogens is 150 g/mol. The first-order valence-corrected chi connectivity index (χ1v) is 4.41. The molecule has 2 unspecified atom stereocenters. The number of aryl methyl sites for hydroxylation is 1. The molecule has 0 aliphatic rings. The Kier molecular flexibility index (Phi) is 2.87. The third-order valence-corrected chi connectivity index (χ3v) is 2.24. The van der Waals surface area contributed by atoms with E-state index in [9.17, 15) is 0 Å². The van der Waals surface area contributed by atoms with Crippen LogP contribution in [0.2, 0.25) is 0 Å². The molecule has 0 aromatic carbocycles. The Hall–Kier alpha value is -0.830. The Morgan fingerprint density at radius 2 is 2.33 bits per heavy atom. The van der Waals surface area contributed by atoms with E-state index in [0.29, 0.717) is 6.04 Å². The molecule has 3 nitrogen and oxygen atoms in total. The normalized spacial score (nSPS) is 16.0.